The highest BCUT2D eigenvalue weighted by Gasteiger charge is 1.95. The van der Waals surface area contributed by atoms with Crippen LogP contribution in [0.5, 0.6) is 0 Å². The van der Waals surface area contributed by atoms with Crippen LogP contribution in [-0.4, -0.2) is 16.9 Å². The molecule has 0 aliphatic carbocycles. The molecule has 1 N–H and O–H groups in total. The molecule has 0 aromatic rings. The lowest BCUT2D eigenvalue weighted by molar-refractivity contribution is 0.964. The number of halogens is 1. The Kier molecular flexibility index (Phi) is 1.29. The zero-order valence-electron chi connectivity index (χ0n) is 3.24. The van der Waals surface area contributed by atoms with Gasteiger partial charge in [-0.05, 0) is 22.6 Å². The molecule has 3 heteroatoms. The minimum atomic E-state index is 0.957. The first kappa shape index (κ1) is 4.36. The number of aliphatic imine (C=N–C) groups is 1. The van der Waals surface area contributed by atoms with Crippen molar-refractivity contribution in [1.82, 2.24) is 5.32 Å². The summed E-state index contributed by atoms with van der Waals surface area (Å²) < 4.78 is 1.05. The van der Waals surface area contributed by atoms with Gasteiger partial charge in [-0.15, -0.1) is 0 Å². The third kappa shape index (κ3) is 0.830. The number of hydrogen-bond acceptors (Lipinski definition) is 2. The Hall–Kier alpha value is 0.200. The average Bonchev–Trinajstić information content (AvgIpc) is 1.86. The highest BCUT2D eigenvalue weighted by Crippen LogP contribution is 1.90. The topological polar surface area (TPSA) is 24.4 Å². The summed E-state index contributed by atoms with van der Waals surface area (Å²) in [6.45, 7) is 1.98. The molecule has 0 amide bonds. The van der Waals surface area contributed by atoms with Crippen molar-refractivity contribution in [2.45, 2.75) is 0 Å². The van der Waals surface area contributed by atoms with Gasteiger partial charge in [-0.25, -0.2) is 0 Å². The van der Waals surface area contributed by atoms with Crippen LogP contribution >= 0.6 is 22.6 Å². The standard InChI is InChI=1S/C3H5IN2/c4-3-5-1-2-6-3/h1-2H2,(H,5,6). The molecule has 6 heavy (non-hydrogen) atoms. The van der Waals surface area contributed by atoms with E-state index in [1.165, 1.54) is 0 Å². The summed E-state index contributed by atoms with van der Waals surface area (Å²) >= 11 is 2.17. The first-order chi connectivity index (χ1) is 2.89. The highest BCUT2D eigenvalue weighted by atomic mass is 127. The van der Waals surface area contributed by atoms with Gasteiger partial charge in [0.2, 0.25) is 0 Å². The van der Waals surface area contributed by atoms with E-state index in [-0.39, 0.29) is 0 Å². The lowest BCUT2D eigenvalue weighted by atomic mass is 10.7. The first-order valence-corrected chi connectivity index (χ1v) is 2.91. The van der Waals surface area contributed by atoms with Crippen molar-refractivity contribution in [2.75, 3.05) is 13.1 Å². The van der Waals surface area contributed by atoms with Gasteiger partial charge in [0.25, 0.3) is 0 Å². The quantitative estimate of drug-likeness (QED) is 0.439. The van der Waals surface area contributed by atoms with Crippen LogP contribution in [-0.2, 0) is 0 Å². The molecule has 0 saturated carbocycles. The maximum atomic E-state index is 4.03. The molecule has 1 aliphatic heterocycles. The van der Waals surface area contributed by atoms with Gasteiger partial charge in [-0.2, -0.15) is 0 Å². The Morgan fingerprint density at radius 3 is 2.83 bits per heavy atom. The normalized spacial score (nSPS) is 19.8. The molecule has 0 fully saturated rings. The van der Waals surface area contributed by atoms with Crippen LogP contribution in [0.25, 0.3) is 0 Å². The maximum Gasteiger partial charge on any atom is 0.160 e. The van der Waals surface area contributed by atoms with E-state index in [0.717, 1.165) is 16.9 Å². The van der Waals surface area contributed by atoms with E-state index < -0.39 is 0 Å². The Labute approximate surface area is 50.2 Å². The monoisotopic (exact) mass is 196 g/mol. The Balaban J connectivity index is 2.45. The van der Waals surface area contributed by atoms with Gasteiger partial charge in [-0.3, -0.25) is 4.99 Å². The predicted octanol–water partition coefficient (Wildman–Crippen LogP) is 0.381. The summed E-state index contributed by atoms with van der Waals surface area (Å²) in [6, 6.07) is 0. The van der Waals surface area contributed by atoms with E-state index in [4.69, 9.17) is 0 Å². The van der Waals surface area contributed by atoms with Crippen molar-refractivity contribution in [3.63, 3.8) is 0 Å². The molecule has 0 aromatic carbocycles. The lowest BCUT2D eigenvalue weighted by Crippen LogP contribution is -2.11. The van der Waals surface area contributed by atoms with Crippen LogP contribution in [0.4, 0.5) is 0 Å². The molecular weight excluding hydrogens is 191 g/mol. The first-order valence-electron chi connectivity index (χ1n) is 1.83. The summed E-state index contributed by atoms with van der Waals surface area (Å²) in [5.74, 6) is 0. The summed E-state index contributed by atoms with van der Waals surface area (Å²) in [7, 11) is 0. The van der Waals surface area contributed by atoms with Crippen LogP contribution in [0.1, 0.15) is 0 Å². The summed E-state index contributed by atoms with van der Waals surface area (Å²) in [6.07, 6.45) is 0. The fourth-order valence-electron chi connectivity index (χ4n) is 0.369. The number of rotatable bonds is 0. The smallest absolute Gasteiger partial charge is 0.160 e. The molecule has 1 aliphatic rings. The molecule has 0 atom stereocenters. The van der Waals surface area contributed by atoms with E-state index in [9.17, 15) is 0 Å². The van der Waals surface area contributed by atoms with E-state index in [2.05, 4.69) is 32.9 Å². The van der Waals surface area contributed by atoms with Gasteiger partial charge < -0.3 is 5.32 Å². The van der Waals surface area contributed by atoms with Crippen LogP contribution in [0.3, 0.4) is 0 Å². The molecule has 1 heterocycles. The number of amidine groups is 1. The van der Waals surface area contributed by atoms with Gasteiger partial charge >= 0.3 is 0 Å². The van der Waals surface area contributed by atoms with Crippen LogP contribution in [0.2, 0.25) is 0 Å². The Morgan fingerprint density at radius 1 is 1.83 bits per heavy atom. The molecule has 34 valence electrons. The largest absolute Gasteiger partial charge is 0.363 e. The molecule has 0 radical (unpaired) electrons. The third-order valence-electron chi connectivity index (χ3n) is 0.633. The number of hydrogen-bond donors (Lipinski definition) is 1. The molecule has 0 unspecified atom stereocenters. The van der Waals surface area contributed by atoms with E-state index in [1.54, 1.807) is 0 Å². The highest BCUT2D eigenvalue weighted by molar-refractivity contribution is 14.1. The minimum Gasteiger partial charge on any atom is -0.363 e. The molecule has 0 bridgehead atoms. The fraction of sp³-hybridized carbons (Fsp3) is 0.667. The second-order valence-corrected chi connectivity index (χ2v) is 2.12. The number of nitrogens with zero attached hydrogens (tertiary/aromatic N) is 1. The molecule has 0 saturated heterocycles. The van der Waals surface area contributed by atoms with Gasteiger partial charge in [0.1, 0.15) is 0 Å². The van der Waals surface area contributed by atoms with Crippen LogP contribution < -0.4 is 5.32 Å². The second-order valence-electron chi connectivity index (χ2n) is 1.10. The fourth-order valence-corrected chi connectivity index (χ4v) is 0.880. The maximum absolute atomic E-state index is 4.03. The zero-order valence-corrected chi connectivity index (χ0v) is 5.40. The van der Waals surface area contributed by atoms with Crippen molar-refractivity contribution in [3.05, 3.63) is 0 Å². The number of nitrogens with one attached hydrogen (secondary N) is 1. The molecular formula is C3H5IN2. The van der Waals surface area contributed by atoms with Crippen molar-refractivity contribution in [3.8, 4) is 0 Å². The summed E-state index contributed by atoms with van der Waals surface area (Å²) in [4.78, 5) is 4.03. The van der Waals surface area contributed by atoms with Crippen molar-refractivity contribution in [2.24, 2.45) is 4.99 Å². The lowest BCUT2D eigenvalue weighted by Gasteiger charge is -1.83. The van der Waals surface area contributed by atoms with Gasteiger partial charge in [-0.1, -0.05) is 0 Å². The summed E-state index contributed by atoms with van der Waals surface area (Å²) in [5, 5.41) is 3.06. The van der Waals surface area contributed by atoms with Crippen molar-refractivity contribution in [1.29, 1.82) is 0 Å². The zero-order chi connectivity index (χ0) is 4.41. The van der Waals surface area contributed by atoms with Gasteiger partial charge in [0, 0.05) is 6.54 Å². The van der Waals surface area contributed by atoms with E-state index in [0.29, 0.717) is 0 Å². The van der Waals surface area contributed by atoms with Crippen LogP contribution in [0, 0.1) is 0 Å². The van der Waals surface area contributed by atoms with E-state index >= 15 is 0 Å². The SMILES string of the molecule is IC1=NCCN1. The predicted molar refractivity (Wildman–Crippen MR) is 34.3 cm³/mol. The molecule has 2 nitrogen and oxygen atoms in total. The third-order valence-corrected chi connectivity index (χ3v) is 1.36. The van der Waals surface area contributed by atoms with Crippen molar-refractivity contribution < 1.29 is 0 Å². The van der Waals surface area contributed by atoms with Gasteiger partial charge in [0.05, 0.1) is 6.54 Å². The molecule has 0 aromatic heterocycles. The Morgan fingerprint density at radius 2 is 2.67 bits per heavy atom. The van der Waals surface area contributed by atoms with E-state index in [1.807, 2.05) is 0 Å². The average molecular weight is 196 g/mol. The van der Waals surface area contributed by atoms with Crippen LogP contribution in [0.15, 0.2) is 4.99 Å². The summed E-state index contributed by atoms with van der Waals surface area (Å²) in [5.41, 5.74) is 0. The van der Waals surface area contributed by atoms with Gasteiger partial charge in [0.15, 0.2) is 3.84 Å². The Bertz CT molecular complexity index is 78.9. The second kappa shape index (κ2) is 1.77. The molecule has 1 rings (SSSR count). The minimum absolute atomic E-state index is 0.957. The molecule has 0 spiro atoms. The van der Waals surface area contributed by atoms with Crippen molar-refractivity contribution >= 4 is 26.4 Å².